The van der Waals surface area contributed by atoms with Crippen molar-refractivity contribution in [2.24, 2.45) is 0 Å². The average molecular weight is 795 g/mol. The van der Waals surface area contributed by atoms with Gasteiger partial charge in [-0.1, -0.05) is 140 Å². The van der Waals surface area contributed by atoms with E-state index in [-0.39, 0.29) is 41.1 Å². The minimum atomic E-state index is -0.935. The molecule has 0 fully saturated rings. The van der Waals surface area contributed by atoms with E-state index in [1.54, 1.807) is 0 Å². The molecule has 1 radical (unpaired) electrons. The summed E-state index contributed by atoms with van der Waals surface area (Å²) in [4.78, 5) is 39.6. The number of hydrogen-bond donors (Lipinski definition) is 2. The maximum atomic E-state index is 10.2. The van der Waals surface area contributed by atoms with Crippen molar-refractivity contribution in [3.63, 3.8) is 0 Å². The van der Waals surface area contributed by atoms with Gasteiger partial charge in [0.2, 0.25) is 0 Å². The predicted molar refractivity (Wildman–Crippen MR) is 214 cm³/mol. The Kier molecular flexibility index (Phi) is 56.8. The molecule has 0 aliphatic heterocycles. The van der Waals surface area contributed by atoms with Crippen molar-refractivity contribution < 1.29 is 56.7 Å². The van der Waals surface area contributed by atoms with Gasteiger partial charge in [0.15, 0.2) is 0 Å². The number of carbonyl (C=O) groups excluding carboxylic acids is 2. The van der Waals surface area contributed by atoms with E-state index in [9.17, 15) is 29.4 Å². The molecule has 0 aromatic carbocycles. The quantitative estimate of drug-likeness (QED) is 0.0315. The van der Waals surface area contributed by atoms with Crippen molar-refractivity contribution in [3.8, 4) is 0 Å². The van der Waals surface area contributed by atoms with Gasteiger partial charge in [-0.2, -0.15) is 0 Å². The summed E-state index contributed by atoms with van der Waals surface area (Å²) in [5, 5.41) is 36.2. The van der Waals surface area contributed by atoms with Crippen LogP contribution in [-0.2, 0) is 36.2 Å². The second-order valence-corrected chi connectivity index (χ2v) is 12.9. The molecule has 0 spiro atoms. The summed E-state index contributed by atoms with van der Waals surface area (Å²) in [7, 11) is 0. The largest absolute Gasteiger partial charge is 2.00 e. The number of allylic oxidation sites excluding steroid dienone is 8. The minimum Gasteiger partial charge on any atom is -0.550 e. The Bertz CT molecular complexity index is 907. The number of unbranched alkanes of at least 4 members (excludes halogenated alkanes) is 16. The maximum Gasteiger partial charge on any atom is 2.00 e. The van der Waals surface area contributed by atoms with Crippen LogP contribution in [0.3, 0.4) is 0 Å². The van der Waals surface area contributed by atoms with Gasteiger partial charge in [-0.05, 0) is 104 Å². The van der Waals surface area contributed by atoms with Crippen LogP contribution in [0.15, 0.2) is 72.9 Å². The van der Waals surface area contributed by atoms with Crippen molar-refractivity contribution in [3.05, 3.63) is 72.9 Å². The average Bonchev–Trinajstić information content (AvgIpc) is 3.08. The zero-order chi connectivity index (χ0) is 40.1. The number of carboxylic acids is 4. The third kappa shape index (κ3) is 71.0. The molecule has 0 saturated carbocycles. The molecule has 53 heavy (non-hydrogen) atoms. The van der Waals surface area contributed by atoms with E-state index in [2.05, 4.69) is 75.6 Å². The van der Waals surface area contributed by atoms with E-state index in [0.717, 1.165) is 64.2 Å². The molecule has 0 rings (SSSR count). The molecule has 2 N–H and O–H groups in total. The van der Waals surface area contributed by atoms with Gasteiger partial charge in [0, 0.05) is 23.1 Å². The molecule has 0 unspecified atom stereocenters. The SMILES string of the molecule is C=C(C)C(=O)O.C=C(C)C(=O)O.CCCCC/C=C\C/C=C\CCCCCCCC(=O)[O-].CCCCC/C=C\C/C=C\CCCCCCCC(=O)[O-].[Cu+2]. The molecule has 0 bridgehead atoms. The summed E-state index contributed by atoms with van der Waals surface area (Å²) in [5.74, 6) is -3.71. The standard InChI is InChI=1S/2C18H32O2.2C4H6O2.Cu/c2*1-2-3-4-5-6-7-8-9-10-11-12-13-14-15-16-17-18(19)20;2*1-3(2)4(5)6;/h2*6-7,9-10H,2-5,8,11-17H2,1H3,(H,19,20);2*1H2,2H3,(H,5,6);/q;;;;+2/p-2/b2*7-6-,10-9-;;;. The number of aliphatic carboxylic acids is 4. The second-order valence-electron chi connectivity index (χ2n) is 12.9. The smallest absolute Gasteiger partial charge is 0.550 e. The Hall–Kier alpha value is -3.16. The van der Waals surface area contributed by atoms with Gasteiger partial charge in [-0.15, -0.1) is 0 Å². The van der Waals surface area contributed by atoms with Gasteiger partial charge < -0.3 is 30.0 Å². The molecule has 0 atom stereocenters. The normalized spacial score (nSPS) is 10.5. The van der Waals surface area contributed by atoms with Crippen molar-refractivity contribution in [1.29, 1.82) is 0 Å². The molecule has 0 aromatic rings. The molecule has 0 saturated heterocycles. The van der Waals surface area contributed by atoms with Crippen LogP contribution in [0.4, 0.5) is 0 Å². The van der Waals surface area contributed by atoms with Crippen molar-refractivity contribution in [2.45, 2.75) is 182 Å². The van der Waals surface area contributed by atoms with E-state index in [1.165, 1.54) is 90.9 Å². The fraction of sp³-hybridized carbons (Fsp3) is 0.636. The maximum absolute atomic E-state index is 10.2. The molecular weight excluding hydrogens is 720 g/mol. The first-order chi connectivity index (χ1) is 24.8. The van der Waals surface area contributed by atoms with Gasteiger partial charge >= 0.3 is 29.0 Å². The molecule has 0 amide bonds. The first kappa shape index (κ1) is 59.1. The molecule has 0 aliphatic rings. The van der Waals surface area contributed by atoms with Gasteiger partial charge in [-0.3, -0.25) is 0 Å². The first-order valence-electron chi connectivity index (χ1n) is 19.6. The van der Waals surface area contributed by atoms with E-state index in [1.807, 2.05) is 0 Å². The number of carbonyl (C=O) groups is 4. The summed E-state index contributed by atoms with van der Waals surface area (Å²) in [5.41, 5.74) is 0.352. The number of carboxylic acid groups (broad SMARTS) is 4. The van der Waals surface area contributed by atoms with Crippen LogP contribution in [0.2, 0.25) is 0 Å². The van der Waals surface area contributed by atoms with Gasteiger partial charge in [0.05, 0.1) is 0 Å². The predicted octanol–water partition coefficient (Wildman–Crippen LogP) is 10.4. The number of rotatable bonds is 30. The molecule has 9 heteroatoms. The Morgan fingerprint density at radius 3 is 0.906 bits per heavy atom. The Morgan fingerprint density at radius 1 is 0.453 bits per heavy atom. The first-order valence-corrected chi connectivity index (χ1v) is 19.6. The van der Waals surface area contributed by atoms with Crippen LogP contribution in [0, 0.1) is 0 Å². The van der Waals surface area contributed by atoms with E-state index in [4.69, 9.17) is 10.2 Å². The van der Waals surface area contributed by atoms with E-state index < -0.39 is 23.9 Å². The Labute approximate surface area is 334 Å². The Balaban J connectivity index is -0.000000218. The minimum absolute atomic E-state index is 0. The van der Waals surface area contributed by atoms with Crippen LogP contribution in [0.5, 0.6) is 0 Å². The van der Waals surface area contributed by atoms with E-state index in [0.29, 0.717) is 0 Å². The zero-order valence-electron chi connectivity index (χ0n) is 33.6. The third-order valence-corrected chi connectivity index (χ3v) is 7.39. The molecule has 0 heterocycles. The monoisotopic (exact) mass is 793 g/mol. The second kappa shape index (κ2) is 50.9. The van der Waals surface area contributed by atoms with Crippen molar-refractivity contribution >= 4 is 23.9 Å². The van der Waals surface area contributed by atoms with Crippen LogP contribution in [-0.4, -0.2) is 34.1 Å². The van der Waals surface area contributed by atoms with Crippen LogP contribution < -0.4 is 10.2 Å². The van der Waals surface area contributed by atoms with Crippen molar-refractivity contribution in [1.82, 2.24) is 0 Å². The van der Waals surface area contributed by atoms with Crippen LogP contribution in [0.25, 0.3) is 0 Å². The molecule has 8 nitrogen and oxygen atoms in total. The Morgan fingerprint density at radius 2 is 0.679 bits per heavy atom. The van der Waals surface area contributed by atoms with Crippen LogP contribution in [0.1, 0.15) is 182 Å². The third-order valence-electron chi connectivity index (χ3n) is 7.39. The fourth-order valence-electron chi connectivity index (χ4n) is 4.16. The molecule has 309 valence electrons. The summed E-state index contributed by atoms with van der Waals surface area (Å²) in [6.07, 6.45) is 43.9. The van der Waals surface area contributed by atoms with Gasteiger partial charge in [0.1, 0.15) is 0 Å². The summed E-state index contributed by atoms with van der Waals surface area (Å²) >= 11 is 0. The number of hydrogen-bond acceptors (Lipinski definition) is 6. The van der Waals surface area contributed by atoms with Crippen LogP contribution >= 0.6 is 0 Å². The fourth-order valence-corrected chi connectivity index (χ4v) is 4.16. The van der Waals surface area contributed by atoms with Gasteiger partial charge in [0.25, 0.3) is 0 Å². The summed E-state index contributed by atoms with van der Waals surface area (Å²) < 4.78 is 0. The summed E-state index contributed by atoms with van der Waals surface area (Å²) in [6, 6.07) is 0. The molecular formula is C44H74CuO8. The van der Waals surface area contributed by atoms with E-state index >= 15 is 0 Å². The zero-order valence-corrected chi connectivity index (χ0v) is 34.6. The topological polar surface area (TPSA) is 155 Å². The summed E-state index contributed by atoms with van der Waals surface area (Å²) in [6.45, 7) is 13.7. The van der Waals surface area contributed by atoms with Crippen molar-refractivity contribution in [2.75, 3.05) is 0 Å². The van der Waals surface area contributed by atoms with Gasteiger partial charge in [-0.25, -0.2) is 9.59 Å². The molecule has 0 aliphatic carbocycles. The molecule has 0 aromatic heterocycles.